The Morgan fingerprint density at radius 1 is 1.57 bits per heavy atom. The van der Waals surface area contributed by atoms with Crippen LogP contribution in [0.1, 0.15) is 6.92 Å². The van der Waals surface area contributed by atoms with Gasteiger partial charge in [0.05, 0.1) is 5.75 Å². The number of sulfone groups is 1. The second kappa shape index (κ2) is 5.82. The molecule has 0 spiro atoms. The van der Waals surface area contributed by atoms with Gasteiger partial charge < -0.3 is 15.8 Å². The van der Waals surface area contributed by atoms with Crippen LogP contribution in [0.3, 0.4) is 0 Å². The summed E-state index contributed by atoms with van der Waals surface area (Å²) in [6.07, 6.45) is 0.341. The molecule has 0 aliphatic carbocycles. The van der Waals surface area contributed by atoms with Crippen molar-refractivity contribution < 1.29 is 17.9 Å². The van der Waals surface area contributed by atoms with E-state index in [4.69, 9.17) is 5.73 Å². The van der Waals surface area contributed by atoms with Crippen LogP contribution in [0.5, 0.6) is 0 Å². The number of nitrogens with one attached hydrogen (secondary N) is 1. The predicted octanol–water partition coefficient (Wildman–Crippen LogP) is -0.896. The first kappa shape index (κ1) is 13.2. The molecule has 7 heteroatoms. The van der Waals surface area contributed by atoms with E-state index in [2.05, 4.69) is 10.1 Å². The molecule has 14 heavy (non-hydrogen) atoms. The number of hydrogen-bond donors (Lipinski definition) is 2. The quantitative estimate of drug-likeness (QED) is 0.570. The van der Waals surface area contributed by atoms with Gasteiger partial charge in [0.25, 0.3) is 0 Å². The number of amides is 1. The van der Waals surface area contributed by atoms with Gasteiger partial charge in [0.1, 0.15) is 16.4 Å². The number of hydrogen-bond acceptors (Lipinski definition) is 5. The molecular formula is C7H16N2O4S. The van der Waals surface area contributed by atoms with E-state index in [0.29, 0.717) is 6.54 Å². The molecule has 0 aromatic rings. The minimum absolute atomic E-state index is 0.0591. The van der Waals surface area contributed by atoms with Gasteiger partial charge in [0.15, 0.2) is 0 Å². The fourth-order valence-corrected chi connectivity index (χ4v) is 2.00. The van der Waals surface area contributed by atoms with E-state index in [1.807, 2.05) is 0 Å². The number of nitrogens with two attached hydrogens (primary N) is 1. The summed E-state index contributed by atoms with van der Waals surface area (Å²) in [6, 6.07) is -0.165. The topological polar surface area (TPSA) is 98.5 Å². The third-order valence-electron chi connectivity index (χ3n) is 1.39. The maximum Gasteiger partial charge on any atom is 0.404 e. The van der Waals surface area contributed by atoms with Crippen molar-refractivity contribution in [2.75, 3.05) is 25.2 Å². The van der Waals surface area contributed by atoms with Crippen molar-refractivity contribution >= 4 is 15.9 Å². The maximum absolute atomic E-state index is 10.8. The molecule has 3 N–H and O–H groups in total. The molecule has 0 saturated carbocycles. The van der Waals surface area contributed by atoms with E-state index in [1.54, 1.807) is 6.92 Å². The average molecular weight is 224 g/mol. The highest BCUT2D eigenvalue weighted by Gasteiger charge is 2.09. The standard InChI is InChI=1S/C7H16N2O4S/c1-6(5-14(2,11)12)9-3-4-13-7(8)10/h6,9H,3-5H2,1-2H3,(H2,8,10). The number of carbonyl (C=O) groups excluding carboxylic acids is 1. The Morgan fingerprint density at radius 2 is 2.14 bits per heavy atom. The van der Waals surface area contributed by atoms with Crippen LogP contribution in [-0.4, -0.2) is 45.7 Å². The number of primary amides is 1. The maximum atomic E-state index is 10.8. The van der Waals surface area contributed by atoms with Crippen molar-refractivity contribution in [3.8, 4) is 0 Å². The summed E-state index contributed by atoms with van der Waals surface area (Å²) in [6.45, 7) is 2.27. The second-order valence-corrected chi connectivity index (χ2v) is 5.30. The zero-order valence-electron chi connectivity index (χ0n) is 8.32. The van der Waals surface area contributed by atoms with E-state index in [1.165, 1.54) is 6.26 Å². The van der Waals surface area contributed by atoms with E-state index in [9.17, 15) is 13.2 Å². The van der Waals surface area contributed by atoms with Crippen LogP contribution in [0, 0.1) is 0 Å². The van der Waals surface area contributed by atoms with Crippen molar-refractivity contribution in [1.29, 1.82) is 0 Å². The first-order chi connectivity index (χ1) is 6.31. The average Bonchev–Trinajstić information content (AvgIpc) is 1.94. The molecule has 0 rings (SSSR count). The van der Waals surface area contributed by atoms with Crippen molar-refractivity contribution in [2.24, 2.45) is 5.73 Å². The lowest BCUT2D eigenvalue weighted by molar-refractivity contribution is 0.156. The summed E-state index contributed by atoms with van der Waals surface area (Å²) in [7, 11) is -2.97. The second-order valence-electron chi connectivity index (χ2n) is 3.12. The predicted molar refractivity (Wildman–Crippen MR) is 52.7 cm³/mol. The largest absolute Gasteiger partial charge is 0.448 e. The van der Waals surface area contributed by atoms with Gasteiger partial charge in [-0.25, -0.2) is 13.2 Å². The molecule has 0 radical (unpaired) electrons. The van der Waals surface area contributed by atoms with Gasteiger partial charge in [0, 0.05) is 18.8 Å². The molecule has 84 valence electrons. The van der Waals surface area contributed by atoms with Crippen molar-refractivity contribution in [3.63, 3.8) is 0 Å². The van der Waals surface area contributed by atoms with Gasteiger partial charge in [0.2, 0.25) is 0 Å². The molecule has 0 bridgehead atoms. The van der Waals surface area contributed by atoms with Crippen LogP contribution in [0.2, 0.25) is 0 Å². The zero-order chi connectivity index (χ0) is 11.2. The van der Waals surface area contributed by atoms with Gasteiger partial charge in [-0.2, -0.15) is 0 Å². The number of ether oxygens (including phenoxy) is 1. The Hall–Kier alpha value is -0.820. The molecule has 1 atom stereocenters. The zero-order valence-corrected chi connectivity index (χ0v) is 9.13. The summed E-state index contributed by atoms with van der Waals surface area (Å²) in [5, 5.41) is 2.88. The molecular weight excluding hydrogens is 208 g/mol. The molecule has 0 aliphatic heterocycles. The first-order valence-electron chi connectivity index (χ1n) is 4.14. The molecule has 6 nitrogen and oxygen atoms in total. The fourth-order valence-electron chi connectivity index (χ4n) is 0.970. The van der Waals surface area contributed by atoms with Crippen LogP contribution >= 0.6 is 0 Å². The van der Waals surface area contributed by atoms with Gasteiger partial charge in [-0.05, 0) is 6.92 Å². The molecule has 1 amide bonds. The van der Waals surface area contributed by atoms with Gasteiger partial charge in [-0.3, -0.25) is 0 Å². The SMILES string of the molecule is CC(CS(C)(=O)=O)NCCOC(N)=O. The Labute approximate surface area is 83.7 Å². The van der Waals surface area contributed by atoms with E-state index in [0.717, 1.165) is 0 Å². The number of rotatable bonds is 6. The molecule has 1 unspecified atom stereocenters. The summed E-state index contributed by atoms with van der Waals surface area (Å²) < 4.78 is 26.1. The molecule has 0 fully saturated rings. The van der Waals surface area contributed by atoms with Crippen LogP contribution < -0.4 is 11.1 Å². The number of carbonyl (C=O) groups is 1. The van der Waals surface area contributed by atoms with Crippen molar-refractivity contribution in [1.82, 2.24) is 5.32 Å². The van der Waals surface area contributed by atoms with Crippen LogP contribution in [0.15, 0.2) is 0 Å². The summed E-state index contributed by atoms with van der Waals surface area (Å²) in [5.41, 5.74) is 4.73. The first-order valence-corrected chi connectivity index (χ1v) is 6.20. The third kappa shape index (κ3) is 9.27. The Bertz CT molecular complexity index is 275. The summed E-state index contributed by atoms with van der Waals surface area (Å²) in [5.74, 6) is 0.0591. The van der Waals surface area contributed by atoms with Crippen molar-refractivity contribution in [2.45, 2.75) is 13.0 Å². The van der Waals surface area contributed by atoms with Crippen LogP contribution in [-0.2, 0) is 14.6 Å². The van der Waals surface area contributed by atoms with E-state index < -0.39 is 15.9 Å². The normalized spacial score (nSPS) is 13.6. The van der Waals surface area contributed by atoms with E-state index >= 15 is 0 Å². The van der Waals surface area contributed by atoms with Gasteiger partial charge >= 0.3 is 6.09 Å². The smallest absolute Gasteiger partial charge is 0.404 e. The lowest BCUT2D eigenvalue weighted by Crippen LogP contribution is -2.35. The highest BCUT2D eigenvalue weighted by molar-refractivity contribution is 7.90. The summed E-state index contributed by atoms with van der Waals surface area (Å²) in [4.78, 5) is 10.1. The van der Waals surface area contributed by atoms with Crippen molar-refractivity contribution in [3.05, 3.63) is 0 Å². The lowest BCUT2D eigenvalue weighted by atomic mass is 10.4. The third-order valence-corrected chi connectivity index (χ3v) is 2.50. The summed E-state index contributed by atoms with van der Waals surface area (Å²) >= 11 is 0. The monoisotopic (exact) mass is 224 g/mol. The fraction of sp³-hybridized carbons (Fsp3) is 0.857. The highest BCUT2D eigenvalue weighted by atomic mass is 32.2. The Morgan fingerprint density at radius 3 is 2.57 bits per heavy atom. The van der Waals surface area contributed by atoms with Gasteiger partial charge in [-0.15, -0.1) is 0 Å². The van der Waals surface area contributed by atoms with Crippen LogP contribution in [0.25, 0.3) is 0 Å². The Kier molecular flexibility index (Phi) is 5.47. The van der Waals surface area contributed by atoms with E-state index in [-0.39, 0.29) is 18.4 Å². The molecule has 0 saturated heterocycles. The molecule has 0 aliphatic rings. The molecule has 0 aromatic carbocycles. The highest BCUT2D eigenvalue weighted by Crippen LogP contribution is 1.89. The molecule has 0 aromatic heterocycles. The minimum atomic E-state index is -2.97. The van der Waals surface area contributed by atoms with Gasteiger partial charge in [-0.1, -0.05) is 0 Å². The Balaban J connectivity index is 3.55. The lowest BCUT2D eigenvalue weighted by Gasteiger charge is -2.11. The minimum Gasteiger partial charge on any atom is -0.448 e. The van der Waals surface area contributed by atoms with Crippen LogP contribution in [0.4, 0.5) is 4.79 Å². The molecule has 0 heterocycles.